The van der Waals surface area contributed by atoms with Crippen molar-refractivity contribution in [2.75, 3.05) is 20.8 Å². The van der Waals surface area contributed by atoms with E-state index in [-0.39, 0.29) is 11.9 Å². The largest absolute Gasteiger partial charge is 0.493 e. The number of fused-ring (bicyclic) bond motifs is 3. The van der Waals surface area contributed by atoms with Crippen molar-refractivity contribution >= 4 is 16.8 Å². The van der Waals surface area contributed by atoms with E-state index in [1.807, 2.05) is 53.4 Å². The molecule has 0 spiro atoms. The maximum absolute atomic E-state index is 13.8. The summed E-state index contributed by atoms with van der Waals surface area (Å²) in [6.07, 6.45) is 6.33. The number of amides is 1. The van der Waals surface area contributed by atoms with Crippen LogP contribution in [0.1, 0.15) is 38.8 Å². The molecule has 5 heteroatoms. The maximum atomic E-state index is 13.8. The number of carbonyl (C=O) groups excluding carboxylic acids is 1. The SMILES string of the molecule is C#Cc1cccc(C(=O)N2CCc3c([nH]c4ccccc34)[C@H]2c2cccc(OC)c2OC)c1. The molecule has 1 aliphatic rings. The van der Waals surface area contributed by atoms with E-state index in [1.165, 1.54) is 10.9 Å². The van der Waals surface area contributed by atoms with Crippen LogP contribution in [0.3, 0.4) is 0 Å². The summed E-state index contributed by atoms with van der Waals surface area (Å²) in [6, 6.07) is 20.9. The standard InChI is InChI=1S/C28H24N2O3/c1-4-18-9-7-10-19(17-18)28(31)30-16-15-21-20-11-5-6-13-23(20)29-25(21)26(30)22-12-8-14-24(32-2)27(22)33-3/h1,5-14,17,26,29H,15-16H2,2-3H3/t26-/m1/s1. The van der Waals surface area contributed by atoms with E-state index in [4.69, 9.17) is 15.9 Å². The molecule has 0 unspecified atom stereocenters. The third-order valence-corrected chi connectivity index (χ3v) is 6.30. The zero-order valence-corrected chi connectivity index (χ0v) is 18.6. The fourth-order valence-electron chi connectivity index (χ4n) is 4.82. The number of terminal acetylenes is 1. The molecule has 1 amide bonds. The highest BCUT2D eigenvalue weighted by molar-refractivity contribution is 5.96. The minimum atomic E-state index is -0.367. The molecule has 1 aliphatic heterocycles. The van der Waals surface area contributed by atoms with Gasteiger partial charge >= 0.3 is 0 Å². The van der Waals surface area contributed by atoms with Crippen molar-refractivity contribution in [3.63, 3.8) is 0 Å². The Morgan fingerprint density at radius 1 is 1.06 bits per heavy atom. The Morgan fingerprint density at radius 2 is 1.88 bits per heavy atom. The number of carbonyl (C=O) groups is 1. The number of methoxy groups -OCH3 is 2. The van der Waals surface area contributed by atoms with Gasteiger partial charge in [-0.25, -0.2) is 0 Å². The lowest BCUT2D eigenvalue weighted by Gasteiger charge is -2.37. The zero-order valence-electron chi connectivity index (χ0n) is 18.6. The number of aromatic nitrogens is 1. The molecule has 0 saturated carbocycles. The number of rotatable bonds is 4. The van der Waals surface area contributed by atoms with Gasteiger partial charge < -0.3 is 19.4 Å². The smallest absolute Gasteiger partial charge is 0.254 e. The average Bonchev–Trinajstić information content (AvgIpc) is 3.26. The second-order valence-electron chi connectivity index (χ2n) is 8.02. The monoisotopic (exact) mass is 436 g/mol. The Bertz CT molecular complexity index is 1400. The van der Waals surface area contributed by atoms with Crippen LogP contribution in [-0.4, -0.2) is 36.6 Å². The van der Waals surface area contributed by atoms with Crippen molar-refractivity contribution in [3.8, 4) is 23.8 Å². The molecule has 0 saturated heterocycles. The second kappa shape index (κ2) is 8.40. The summed E-state index contributed by atoms with van der Waals surface area (Å²) >= 11 is 0. The molecule has 1 atom stereocenters. The summed E-state index contributed by atoms with van der Waals surface area (Å²) in [5, 5.41) is 1.18. The number of para-hydroxylation sites is 2. The molecule has 1 N–H and O–H groups in total. The molecule has 5 nitrogen and oxygen atoms in total. The molecule has 0 bridgehead atoms. The van der Waals surface area contributed by atoms with E-state index in [2.05, 4.69) is 23.0 Å². The summed E-state index contributed by atoms with van der Waals surface area (Å²) in [7, 11) is 3.24. The van der Waals surface area contributed by atoms with Crippen LogP contribution < -0.4 is 9.47 Å². The first kappa shape index (κ1) is 20.7. The van der Waals surface area contributed by atoms with Gasteiger partial charge in [-0.1, -0.05) is 42.3 Å². The molecule has 4 aromatic rings. The van der Waals surface area contributed by atoms with Crippen LogP contribution in [0.15, 0.2) is 66.7 Å². The fourth-order valence-corrected chi connectivity index (χ4v) is 4.82. The molecule has 3 aromatic carbocycles. The lowest BCUT2D eigenvalue weighted by Crippen LogP contribution is -2.40. The highest BCUT2D eigenvalue weighted by atomic mass is 16.5. The van der Waals surface area contributed by atoms with E-state index in [1.54, 1.807) is 20.3 Å². The van der Waals surface area contributed by atoms with Crippen LogP contribution in [-0.2, 0) is 6.42 Å². The van der Waals surface area contributed by atoms with Crippen molar-refractivity contribution in [1.29, 1.82) is 0 Å². The molecule has 0 radical (unpaired) electrons. The average molecular weight is 437 g/mol. The molecular weight excluding hydrogens is 412 g/mol. The van der Waals surface area contributed by atoms with Gasteiger partial charge in [0, 0.05) is 39.8 Å². The first-order valence-corrected chi connectivity index (χ1v) is 10.8. The Balaban J connectivity index is 1.71. The molecule has 5 rings (SSSR count). The van der Waals surface area contributed by atoms with E-state index >= 15 is 0 Å². The van der Waals surface area contributed by atoms with E-state index < -0.39 is 0 Å². The van der Waals surface area contributed by atoms with E-state index in [0.717, 1.165) is 23.2 Å². The number of hydrogen-bond acceptors (Lipinski definition) is 3. The Hall–Kier alpha value is -4.17. The van der Waals surface area contributed by atoms with Crippen molar-refractivity contribution in [2.24, 2.45) is 0 Å². The van der Waals surface area contributed by atoms with Crippen LogP contribution in [0.2, 0.25) is 0 Å². The number of benzene rings is 3. The minimum Gasteiger partial charge on any atom is -0.493 e. The predicted octanol–water partition coefficient (Wildman–Crippen LogP) is 4.95. The lowest BCUT2D eigenvalue weighted by atomic mass is 9.91. The van der Waals surface area contributed by atoms with Gasteiger partial charge in [0.2, 0.25) is 0 Å². The Labute approximate surface area is 192 Å². The number of nitrogens with one attached hydrogen (secondary N) is 1. The third-order valence-electron chi connectivity index (χ3n) is 6.30. The second-order valence-corrected chi connectivity index (χ2v) is 8.02. The van der Waals surface area contributed by atoms with Crippen LogP contribution in [0, 0.1) is 12.3 Å². The fraction of sp³-hybridized carbons (Fsp3) is 0.179. The van der Waals surface area contributed by atoms with Crippen molar-refractivity contribution < 1.29 is 14.3 Å². The molecule has 0 aliphatic carbocycles. The van der Waals surface area contributed by atoms with Crippen LogP contribution in [0.5, 0.6) is 11.5 Å². The van der Waals surface area contributed by atoms with E-state index in [9.17, 15) is 4.79 Å². The molecule has 33 heavy (non-hydrogen) atoms. The van der Waals surface area contributed by atoms with Crippen molar-refractivity contribution in [2.45, 2.75) is 12.5 Å². The summed E-state index contributed by atoms with van der Waals surface area (Å²) in [4.78, 5) is 19.3. The van der Waals surface area contributed by atoms with Crippen LogP contribution >= 0.6 is 0 Å². The molecule has 2 heterocycles. The molecule has 0 fully saturated rings. The highest BCUT2D eigenvalue weighted by Crippen LogP contribution is 2.44. The highest BCUT2D eigenvalue weighted by Gasteiger charge is 2.37. The predicted molar refractivity (Wildman–Crippen MR) is 129 cm³/mol. The van der Waals surface area contributed by atoms with Gasteiger partial charge in [0.05, 0.1) is 14.2 Å². The Kier molecular flexibility index (Phi) is 5.27. The first-order chi connectivity index (χ1) is 16.2. The third kappa shape index (κ3) is 3.41. The van der Waals surface area contributed by atoms with Gasteiger partial charge in [0.15, 0.2) is 11.5 Å². The zero-order chi connectivity index (χ0) is 22.9. The van der Waals surface area contributed by atoms with Gasteiger partial charge in [-0.05, 0) is 42.3 Å². The van der Waals surface area contributed by atoms with Gasteiger partial charge in [-0.2, -0.15) is 0 Å². The quantitative estimate of drug-likeness (QED) is 0.461. The van der Waals surface area contributed by atoms with Gasteiger partial charge in [-0.3, -0.25) is 4.79 Å². The number of H-pyrrole nitrogens is 1. The van der Waals surface area contributed by atoms with Gasteiger partial charge in [0.1, 0.15) is 6.04 Å². The molecular formula is C28H24N2O3. The summed E-state index contributed by atoms with van der Waals surface area (Å²) in [6.45, 7) is 0.568. The number of hydrogen-bond donors (Lipinski definition) is 1. The van der Waals surface area contributed by atoms with Gasteiger partial charge in [0.25, 0.3) is 5.91 Å². The number of ether oxygens (including phenoxy) is 2. The summed E-state index contributed by atoms with van der Waals surface area (Å²) < 4.78 is 11.3. The van der Waals surface area contributed by atoms with Crippen LogP contribution in [0.4, 0.5) is 0 Å². The minimum absolute atomic E-state index is 0.0775. The first-order valence-electron chi connectivity index (χ1n) is 10.8. The van der Waals surface area contributed by atoms with Gasteiger partial charge in [-0.15, -0.1) is 6.42 Å². The number of nitrogens with zero attached hydrogens (tertiary/aromatic N) is 1. The Morgan fingerprint density at radius 3 is 2.67 bits per heavy atom. The number of aromatic amines is 1. The maximum Gasteiger partial charge on any atom is 0.254 e. The van der Waals surface area contributed by atoms with Crippen molar-refractivity contribution in [1.82, 2.24) is 9.88 Å². The molecule has 164 valence electrons. The van der Waals surface area contributed by atoms with Crippen LogP contribution in [0.25, 0.3) is 10.9 Å². The van der Waals surface area contributed by atoms with Crippen molar-refractivity contribution in [3.05, 3.63) is 94.7 Å². The van der Waals surface area contributed by atoms with E-state index in [0.29, 0.717) is 29.2 Å². The molecule has 1 aromatic heterocycles. The normalized spacial score (nSPS) is 15.1. The lowest BCUT2D eigenvalue weighted by molar-refractivity contribution is 0.0689. The summed E-state index contributed by atoms with van der Waals surface area (Å²) in [5.41, 5.74) is 5.39. The topological polar surface area (TPSA) is 54.6 Å². The summed E-state index contributed by atoms with van der Waals surface area (Å²) in [5.74, 6) is 3.79.